The minimum Gasteiger partial charge on any atom is -0.469 e. The van der Waals surface area contributed by atoms with E-state index in [2.05, 4.69) is 19.2 Å². The molecule has 0 bridgehead atoms. The van der Waals surface area contributed by atoms with E-state index in [0.29, 0.717) is 29.2 Å². The lowest BCUT2D eigenvalue weighted by atomic mass is 9.78. The molecule has 0 spiro atoms. The normalized spacial score (nSPS) is 29.0. The fraction of sp³-hybridized carbons (Fsp3) is 0.643. The quantitative estimate of drug-likeness (QED) is 0.855. The molecule has 1 N–H and O–H groups in total. The highest BCUT2D eigenvalue weighted by atomic mass is 16.3. The Morgan fingerprint density at radius 1 is 1.41 bits per heavy atom. The Kier molecular flexibility index (Phi) is 3.55. The van der Waals surface area contributed by atoms with Gasteiger partial charge in [0.25, 0.3) is 5.91 Å². The van der Waals surface area contributed by atoms with Gasteiger partial charge < -0.3 is 9.73 Å². The van der Waals surface area contributed by atoms with Gasteiger partial charge in [0.1, 0.15) is 5.76 Å². The van der Waals surface area contributed by atoms with Crippen LogP contribution in [0.2, 0.25) is 0 Å². The summed E-state index contributed by atoms with van der Waals surface area (Å²) < 4.78 is 5.16. The number of amides is 1. The van der Waals surface area contributed by atoms with Crippen molar-refractivity contribution in [1.82, 2.24) is 5.32 Å². The van der Waals surface area contributed by atoms with Gasteiger partial charge in [0.2, 0.25) is 0 Å². The molecule has 17 heavy (non-hydrogen) atoms. The molecule has 1 saturated carbocycles. The maximum atomic E-state index is 12.1. The van der Waals surface area contributed by atoms with Crippen LogP contribution in [0.1, 0.15) is 49.2 Å². The topological polar surface area (TPSA) is 42.2 Å². The molecule has 0 aliphatic heterocycles. The fourth-order valence-corrected chi connectivity index (χ4v) is 2.65. The molecule has 1 aromatic heterocycles. The van der Waals surface area contributed by atoms with Crippen LogP contribution in [0, 0.1) is 18.8 Å². The van der Waals surface area contributed by atoms with Crippen molar-refractivity contribution in [3.05, 3.63) is 23.7 Å². The van der Waals surface area contributed by atoms with Crippen LogP contribution in [0.15, 0.2) is 16.7 Å². The van der Waals surface area contributed by atoms with Crippen molar-refractivity contribution in [3.63, 3.8) is 0 Å². The van der Waals surface area contributed by atoms with Gasteiger partial charge in [0.15, 0.2) is 0 Å². The Morgan fingerprint density at radius 3 is 2.82 bits per heavy atom. The number of carbonyl (C=O) groups is 1. The maximum absolute atomic E-state index is 12.1. The Labute approximate surface area is 103 Å². The summed E-state index contributed by atoms with van der Waals surface area (Å²) in [6.45, 7) is 6.32. The van der Waals surface area contributed by atoms with Crippen LogP contribution in [0.4, 0.5) is 0 Å². The molecule has 3 heteroatoms. The van der Waals surface area contributed by atoms with E-state index in [1.54, 1.807) is 12.3 Å². The number of nitrogens with one attached hydrogen (secondary N) is 1. The Hall–Kier alpha value is -1.25. The first-order valence-electron chi connectivity index (χ1n) is 6.44. The molecular weight excluding hydrogens is 214 g/mol. The number of hydrogen-bond donors (Lipinski definition) is 1. The van der Waals surface area contributed by atoms with Crippen molar-refractivity contribution in [3.8, 4) is 0 Å². The molecule has 1 amide bonds. The zero-order valence-electron chi connectivity index (χ0n) is 10.8. The molecule has 1 heterocycles. The first-order valence-corrected chi connectivity index (χ1v) is 6.44. The van der Waals surface area contributed by atoms with Gasteiger partial charge in [0.05, 0.1) is 11.8 Å². The van der Waals surface area contributed by atoms with Crippen LogP contribution in [0.25, 0.3) is 0 Å². The van der Waals surface area contributed by atoms with Crippen LogP contribution < -0.4 is 5.32 Å². The van der Waals surface area contributed by atoms with E-state index in [0.717, 1.165) is 6.42 Å². The second-order valence-electron chi connectivity index (χ2n) is 5.24. The Balaban J connectivity index is 2.01. The highest BCUT2D eigenvalue weighted by Crippen LogP contribution is 2.29. The molecule has 1 aliphatic rings. The van der Waals surface area contributed by atoms with Gasteiger partial charge in [-0.05, 0) is 31.2 Å². The largest absolute Gasteiger partial charge is 0.469 e. The molecule has 0 aromatic carbocycles. The van der Waals surface area contributed by atoms with Crippen molar-refractivity contribution in [2.45, 2.75) is 46.1 Å². The number of rotatable bonds is 2. The summed E-state index contributed by atoms with van der Waals surface area (Å²) in [4.78, 5) is 12.1. The van der Waals surface area contributed by atoms with E-state index in [1.165, 1.54) is 12.8 Å². The lowest BCUT2D eigenvalue weighted by Gasteiger charge is -2.34. The summed E-state index contributed by atoms with van der Waals surface area (Å²) in [5.41, 5.74) is 0.662. The molecular formula is C14H21NO2. The molecule has 1 fully saturated rings. The smallest absolute Gasteiger partial charge is 0.255 e. The van der Waals surface area contributed by atoms with Crippen LogP contribution >= 0.6 is 0 Å². The van der Waals surface area contributed by atoms with E-state index in [4.69, 9.17) is 4.42 Å². The lowest BCUT2D eigenvalue weighted by Crippen LogP contribution is -2.43. The molecule has 1 aliphatic carbocycles. The highest BCUT2D eigenvalue weighted by Gasteiger charge is 2.28. The second-order valence-corrected chi connectivity index (χ2v) is 5.24. The molecule has 2 rings (SSSR count). The highest BCUT2D eigenvalue weighted by molar-refractivity contribution is 5.95. The summed E-state index contributed by atoms with van der Waals surface area (Å²) in [6, 6.07) is 2.04. The van der Waals surface area contributed by atoms with Crippen molar-refractivity contribution in [2.24, 2.45) is 11.8 Å². The average molecular weight is 235 g/mol. The van der Waals surface area contributed by atoms with Crippen molar-refractivity contribution in [1.29, 1.82) is 0 Å². The van der Waals surface area contributed by atoms with Gasteiger partial charge in [-0.1, -0.05) is 26.7 Å². The first kappa shape index (κ1) is 12.2. The lowest BCUT2D eigenvalue weighted by molar-refractivity contribution is 0.0889. The summed E-state index contributed by atoms with van der Waals surface area (Å²) in [5, 5.41) is 3.14. The van der Waals surface area contributed by atoms with Gasteiger partial charge >= 0.3 is 0 Å². The maximum Gasteiger partial charge on any atom is 0.255 e. The van der Waals surface area contributed by atoms with Crippen LogP contribution in [-0.4, -0.2) is 11.9 Å². The summed E-state index contributed by atoms with van der Waals surface area (Å²) in [6.07, 6.45) is 5.14. The van der Waals surface area contributed by atoms with E-state index in [-0.39, 0.29) is 5.91 Å². The van der Waals surface area contributed by atoms with Crippen molar-refractivity contribution in [2.75, 3.05) is 0 Å². The molecule has 1 aromatic rings. The van der Waals surface area contributed by atoms with Gasteiger partial charge in [-0.3, -0.25) is 4.79 Å². The monoisotopic (exact) mass is 235 g/mol. The molecule has 3 unspecified atom stereocenters. The number of aryl methyl sites for hydroxylation is 1. The predicted octanol–water partition coefficient (Wildman–Crippen LogP) is 3.14. The van der Waals surface area contributed by atoms with E-state index >= 15 is 0 Å². The zero-order chi connectivity index (χ0) is 12.4. The van der Waals surface area contributed by atoms with Gasteiger partial charge in [-0.25, -0.2) is 0 Å². The fourth-order valence-electron chi connectivity index (χ4n) is 2.65. The molecule has 94 valence electrons. The van der Waals surface area contributed by atoms with Crippen molar-refractivity contribution < 1.29 is 9.21 Å². The number of hydrogen-bond acceptors (Lipinski definition) is 2. The summed E-state index contributed by atoms with van der Waals surface area (Å²) in [5.74, 6) is 1.95. The van der Waals surface area contributed by atoms with Crippen LogP contribution in [0.5, 0.6) is 0 Å². The number of furan rings is 1. The SMILES string of the molecule is Cc1occc1C(=O)NC1CCCC(C)C1C. The van der Waals surface area contributed by atoms with Gasteiger partial charge in [-0.2, -0.15) is 0 Å². The van der Waals surface area contributed by atoms with Gasteiger partial charge in [-0.15, -0.1) is 0 Å². The molecule has 0 saturated heterocycles. The third kappa shape index (κ3) is 2.54. The zero-order valence-corrected chi connectivity index (χ0v) is 10.8. The van der Waals surface area contributed by atoms with Crippen molar-refractivity contribution >= 4 is 5.91 Å². The van der Waals surface area contributed by atoms with E-state index < -0.39 is 0 Å². The standard InChI is InChI=1S/C14H21NO2/c1-9-5-4-6-13(10(9)2)15-14(16)12-7-8-17-11(12)3/h7-10,13H,4-6H2,1-3H3,(H,15,16). The first-order chi connectivity index (χ1) is 8.09. The van der Waals surface area contributed by atoms with E-state index in [1.807, 2.05) is 6.92 Å². The minimum absolute atomic E-state index is 0.00204. The van der Waals surface area contributed by atoms with Crippen LogP contribution in [-0.2, 0) is 0 Å². The number of carbonyl (C=O) groups excluding carboxylic acids is 1. The average Bonchev–Trinajstić information content (AvgIpc) is 2.71. The molecule has 3 nitrogen and oxygen atoms in total. The second kappa shape index (κ2) is 4.94. The molecule has 3 atom stereocenters. The third-order valence-electron chi connectivity index (χ3n) is 4.13. The predicted molar refractivity (Wildman–Crippen MR) is 66.9 cm³/mol. The Morgan fingerprint density at radius 2 is 2.18 bits per heavy atom. The van der Waals surface area contributed by atoms with Gasteiger partial charge in [0, 0.05) is 6.04 Å². The Bertz CT molecular complexity index is 397. The molecule has 0 radical (unpaired) electrons. The van der Waals surface area contributed by atoms with E-state index in [9.17, 15) is 4.79 Å². The van der Waals surface area contributed by atoms with Crippen LogP contribution in [0.3, 0.4) is 0 Å². The minimum atomic E-state index is 0.00204. The summed E-state index contributed by atoms with van der Waals surface area (Å²) >= 11 is 0. The summed E-state index contributed by atoms with van der Waals surface area (Å²) in [7, 11) is 0. The third-order valence-corrected chi connectivity index (χ3v) is 4.13.